The Balaban J connectivity index is 1.23. The zero-order valence-corrected chi connectivity index (χ0v) is 32.3. The molecular formula is C55H40N2. The van der Waals surface area contributed by atoms with Gasteiger partial charge in [0.25, 0.3) is 0 Å². The average Bonchev–Trinajstić information content (AvgIpc) is 3.26. The van der Waals surface area contributed by atoms with Gasteiger partial charge in [0.05, 0.1) is 11.4 Å². The van der Waals surface area contributed by atoms with Crippen LogP contribution in [0.15, 0.2) is 188 Å². The SMILES string of the molecule is Cc1ccc(-c2cc(-c3cc(-c4cccc(-c5cnc(C)c6ccccc56)c4)cc(-c4cc5ccccc5c5ccccc45)c3)cc(-c3ccc(C)cc3)n2)cc1. The third-order valence-corrected chi connectivity index (χ3v) is 11.4. The summed E-state index contributed by atoms with van der Waals surface area (Å²) in [5.41, 5.74) is 16.8. The Morgan fingerprint density at radius 3 is 1.47 bits per heavy atom. The van der Waals surface area contributed by atoms with Crippen LogP contribution in [0.3, 0.4) is 0 Å². The fourth-order valence-corrected chi connectivity index (χ4v) is 8.28. The number of hydrogen-bond acceptors (Lipinski definition) is 2. The predicted octanol–water partition coefficient (Wildman–Crippen LogP) is 14.9. The van der Waals surface area contributed by atoms with E-state index in [2.05, 4.69) is 203 Å². The minimum Gasteiger partial charge on any atom is -0.260 e. The van der Waals surface area contributed by atoms with Crippen LogP contribution >= 0.6 is 0 Å². The highest BCUT2D eigenvalue weighted by molar-refractivity contribution is 6.14. The lowest BCUT2D eigenvalue weighted by Crippen LogP contribution is -1.93. The number of nitrogens with zero attached hydrogens (tertiary/aromatic N) is 2. The second kappa shape index (κ2) is 14.2. The topological polar surface area (TPSA) is 25.8 Å². The standard InChI is InChI=1S/C55H40N2/c1-35-19-23-38(24-20-35)54-32-45(33-55(57-54)39-25-21-36(2)22-26-39)44-28-43(40-12-10-13-41(27-40)53-34-56-37(3)47-14-6-7-16-49(47)53)29-46(30-44)52-31-42-11-4-5-15-48(42)50-17-8-9-18-51(50)52/h4-34H,1-3H3. The van der Waals surface area contributed by atoms with Gasteiger partial charge in [0.2, 0.25) is 0 Å². The summed E-state index contributed by atoms with van der Waals surface area (Å²) in [6, 6.07) is 66.4. The van der Waals surface area contributed by atoms with Crippen LogP contribution in [-0.2, 0) is 0 Å². The molecule has 57 heavy (non-hydrogen) atoms. The van der Waals surface area contributed by atoms with Gasteiger partial charge in [-0.3, -0.25) is 4.98 Å². The van der Waals surface area contributed by atoms with Crippen molar-refractivity contribution in [2.24, 2.45) is 0 Å². The number of aromatic nitrogens is 2. The van der Waals surface area contributed by atoms with Crippen LogP contribution in [0.1, 0.15) is 16.8 Å². The summed E-state index contributed by atoms with van der Waals surface area (Å²) in [6.07, 6.45) is 2.02. The van der Waals surface area contributed by atoms with Crippen molar-refractivity contribution in [1.82, 2.24) is 9.97 Å². The van der Waals surface area contributed by atoms with Gasteiger partial charge >= 0.3 is 0 Å². The minimum atomic E-state index is 0.951. The Kier molecular flexibility index (Phi) is 8.53. The molecule has 0 N–H and O–H groups in total. The molecule has 0 bridgehead atoms. The maximum Gasteiger partial charge on any atom is 0.0715 e. The van der Waals surface area contributed by atoms with E-state index in [-0.39, 0.29) is 0 Å². The van der Waals surface area contributed by atoms with Gasteiger partial charge in [-0.05, 0) is 129 Å². The van der Waals surface area contributed by atoms with Crippen LogP contribution in [0.25, 0.3) is 99.3 Å². The molecular weight excluding hydrogens is 689 g/mol. The van der Waals surface area contributed by atoms with Gasteiger partial charge in [0, 0.05) is 34.0 Å². The Labute approximate surface area is 333 Å². The summed E-state index contributed by atoms with van der Waals surface area (Å²) in [5.74, 6) is 0. The van der Waals surface area contributed by atoms with Gasteiger partial charge in [0.15, 0.2) is 0 Å². The van der Waals surface area contributed by atoms with Gasteiger partial charge in [0.1, 0.15) is 0 Å². The monoisotopic (exact) mass is 728 g/mol. The van der Waals surface area contributed by atoms with Gasteiger partial charge < -0.3 is 0 Å². The molecule has 2 heterocycles. The first-order chi connectivity index (χ1) is 27.9. The average molecular weight is 729 g/mol. The first kappa shape index (κ1) is 34.3. The largest absolute Gasteiger partial charge is 0.260 e. The molecule has 0 fully saturated rings. The van der Waals surface area contributed by atoms with E-state index >= 15 is 0 Å². The van der Waals surface area contributed by atoms with Crippen LogP contribution in [0, 0.1) is 20.8 Å². The van der Waals surface area contributed by atoms with E-state index in [9.17, 15) is 0 Å². The molecule has 8 aromatic carbocycles. The second-order valence-electron chi connectivity index (χ2n) is 15.2. The molecule has 0 spiro atoms. The van der Waals surface area contributed by atoms with Gasteiger partial charge in [-0.25, -0.2) is 4.98 Å². The molecule has 10 rings (SSSR count). The lowest BCUT2D eigenvalue weighted by Gasteiger charge is -2.16. The highest BCUT2D eigenvalue weighted by atomic mass is 14.7. The van der Waals surface area contributed by atoms with Crippen molar-refractivity contribution in [2.75, 3.05) is 0 Å². The Hall–Kier alpha value is -7.16. The van der Waals surface area contributed by atoms with Gasteiger partial charge in [-0.2, -0.15) is 0 Å². The molecule has 0 unspecified atom stereocenters. The molecule has 0 atom stereocenters. The van der Waals surface area contributed by atoms with Crippen LogP contribution in [-0.4, -0.2) is 9.97 Å². The number of hydrogen-bond donors (Lipinski definition) is 0. The molecule has 2 nitrogen and oxygen atoms in total. The van der Waals surface area contributed by atoms with Crippen molar-refractivity contribution in [2.45, 2.75) is 20.8 Å². The number of aryl methyl sites for hydroxylation is 3. The molecule has 0 saturated heterocycles. The summed E-state index contributed by atoms with van der Waals surface area (Å²) in [5, 5.41) is 7.37. The number of benzene rings is 8. The van der Waals surface area contributed by atoms with Gasteiger partial charge in [-0.15, -0.1) is 0 Å². The number of pyridine rings is 2. The maximum absolute atomic E-state index is 5.27. The molecule has 10 aromatic rings. The summed E-state index contributed by atoms with van der Waals surface area (Å²) < 4.78 is 0. The third-order valence-electron chi connectivity index (χ3n) is 11.4. The molecule has 2 heteroatoms. The quantitative estimate of drug-likeness (QED) is 0.159. The Bertz CT molecular complexity index is 3070. The third kappa shape index (κ3) is 6.46. The van der Waals surface area contributed by atoms with Gasteiger partial charge in [-0.1, -0.05) is 151 Å². The normalized spacial score (nSPS) is 11.4. The zero-order chi connectivity index (χ0) is 38.5. The fourth-order valence-electron chi connectivity index (χ4n) is 8.28. The fraction of sp³-hybridized carbons (Fsp3) is 0.0545. The lowest BCUT2D eigenvalue weighted by molar-refractivity contribution is 1.24. The highest BCUT2D eigenvalue weighted by Crippen LogP contribution is 2.41. The van der Waals surface area contributed by atoms with Crippen molar-refractivity contribution in [3.63, 3.8) is 0 Å². The van der Waals surface area contributed by atoms with Crippen molar-refractivity contribution in [3.05, 3.63) is 205 Å². The molecule has 0 aliphatic heterocycles. The first-order valence-electron chi connectivity index (χ1n) is 19.6. The van der Waals surface area contributed by atoms with Crippen LogP contribution < -0.4 is 0 Å². The number of fused-ring (bicyclic) bond motifs is 4. The van der Waals surface area contributed by atoms with Crippen LogP contribution in [0.5, 0.6) is 0 Å². The van der Waals surface area contributed by atoms with E-state index in [1.165, 1.54) is 54.6 Å². The molecule has 270 valence electrons. The molecule has 2 aromatic heterocycles. The van der Waals surface area contributed by atoms with Crippen LogP contribution in [0.4, 0.5) is 0 Å². The molecule has 0 radical (unpaired) electrons. The van der Waals surface area contributed by atoms with Crippen molar-refractivity contribution in [1.29, 1.82) is 0 Å². The van der Waals surface area contributed by atoms with Crippen molar-refractivity contribution < 1.29 is 0 Å². The lowest BCUT2D eigenvalue weighted by atomic mass is 9.88. The first-order valence-corrected chi connectivity index (χ1v) is 19.6. The summed E-state index contributed by atoms with van der Waals surface area (Å²) in [4.78, 5) is 10.1. The minimum absolute atomic E-state index is 0.951. The van der Waals surface area contributed by atoms with Crippen LogP contribution in [0.2, 0.25) is 0 Å². The predicted molar refractivity (Wildman–Crippen MR) is 241 cm³/mol. The number of rotatable bonds is 6. The molecule has 0 aliphatic carbocycles. The smallest absolute Gasteiger partial charge is 0.0715 e. The Morgan fingerprint density at radius 1 is 0.316 bits per heavy atom. The highest BCUT2D eigenvalue weighted by Gasteiger charge is 2.16. The summed E-state index contributed by atoms with van der Waals surface area (Å²) in [6.45, 7) is 6.34. The van der Waals surface area contributed by atoms with E-state index in [0.717, 1.165) is 61.6 Å². The van der Waals surface area contributed by atoms with E-state index in [0.29, 0.717) is 0 Å². The molecule has 0 amide bonds. The van der Waals surface area contributed by atoms with Crippen molar-refractivity contribution >= 4 is 32.3 Å². The van der Waals surface area contributed by atoms with E-state index in [4.69, 9.17) is 9.97 Å². The van der Waals surface area contributed by atoms with E-state index < -0.39 is 0 Å². The zero-order valence-electron chi connectivity index (χ0n) is 32.3. The second-order valence-corrected chi connectivity index (χ2v) is 15.2. The van der Waals surface area contributed by atoms with E-state index in [1.807, 2.05) is 6.20 Å². The maximum atomic E-state index is 5.27. The molecule has 0 saturated carbocycles. The van der Waals surface area contributed by atoms with E-state index in [1.54, 1.807) is 0 Å². The summed E-state index contributed by atoms with van der Waals surface area (Å²) in [7, 11) is 0. The molecule has 0 aliphatic rings. The van der Waals surface area contributed by atoms with Crippen molar-refractivity contribution in [3.8, 4) is 67.0 Å². The Morgan fingerprint density at radius 2 is 0.807 bits per heavy atom. The summed E-state index contributed by atoms with van der Waals surface area (Å²) >= 11 is 0.